The molecule has 0 amide bonds. The van der Waals surface area contributed by atoms with Gasteiger partial charge in [-0.2, -0.15) is 0 Å². The van der Waals surface area contributed by atoms with E-state index in [-0.39, 0.29) is 11.9 Å². The van der Waals surface area contributed by atoms with Crippen molar-refractivity contribution in [2.45, 2.75) is 30.2 Å². The highest BCUT2D eigenvalue weighted by atomic mass is 35.5. The molecule has 0 spiro atoms. The van der Waals surface area contributed by atoms with Crippen LogP contribution in [0.25, 0.3) is 0 Å². The van der Waals surface area contributed by atoms with E-state index in [0.29, 0.717) is 6.42 Å². The molecule has 0 radical (unpaired) electrons. The summed E-state index contributed by atoms with van der Waals surface area (Å²) in [6.07, 6.45) is 2.77. The van der Waals surface area contributed by atoms with Crippen LogP contribution in [0.4, 0.5) is 4.39 Å². The first-order valence-electron chi connectivity index (χ1n) is 5.21. The lowest BCUT2D eigenvalue weighted by Crippen LogP contribution is -2.31. The molecule has 0 saturated heterocycles. The molecule has 0 aliphatic rings. The number of sulfonamides is 1. The maximum Gasteiger partial charge on any atom is 0.261 e. The Bertz CT molecular complexity index is 467. The van der Waals surface area contributed by atoms with Gasteiger partial charge in [0.25, 0.3) is 10.0 Å². The van der Waals surface area contributed by atoms with Gasteiger partial charge in [0.15, 0.2) is 5.82 Å². The molecule has 0 aliphatic carbocycles. The number of alkyl halides is 1. The van der Waals surface area contributed by atoms with Crippen LogP contribution in [0.2, 0.25) is 0 Å². The van der Waals surface area contributed by atoms with Crippen molar-refractivity contribution >= 4 is 21.6 Å². The fourth-order valence-corrected chi connectivity index (χ4v) is 2.72. The molecule has 0 fully saturated rings. The summed E-state index contributed by atoms with van der Waals surface area (Å²) in [5.41, 5.74) is 0. The van der Waals surface area contributed by atoms with Gasteiger partial charge in [-0.25, -0.2) is 22.5 Å². The highest BCUT2D eigenvalue weighted by Crippen LogP contribution is 2.11. The van der Waals surface area contributed by atoms with E-state index in [2.05, 4.69) is 9.71 Å². The predicted octanol–water partition coefficient (Wildman–Crippen LogP) is 1.91. The topological polar surface area (TPSA) is 59.1 Å². The fraction of sp³-hybridized carbons (Fsp3) is 0.500. The summed E-state index contributed by atoms with van der Waals surface area (Å²) in [4.78, 5) is 3.51. The quantitative estimate of drug-likeness (QED) is 0.810. The number of rotatable bonds is 6. The Labute approximate surface area is 105 Å². The number of hydrogen-bond donors (Lipinski definition) is 1. The lowest BCUT2D eigenvalue weighted by molar-refractivity contribution is 0.542. The van der Waals surface area contributed by atoms with E-state index in [1.807, 2.05) is 6.92 Å². The zero-order valence-electron chi connectivity index (χ0n) is 9.36. The Balaban J connectivity index is 2.73. The lowest BCUT2D eigenvalue weighted by Gasteiger charge is -2.10. The molecule has 96 valence electrons. The molecule has 0 aromatic carbocycles. The molecular weight excluding hydrogens is 267 g/mol. The second kappa shape index (κ2) is 6.28. The van der Waals surface area contributed by atoms with E-state index < -0.39 is 20.9 Å². The van der Waals surface area contributed by atoms with Gasteiger partial charge in [-0.1, -0.05) is 13.3 Å². The molecule has 1 heterocycles. The van der Waals surface area contributed by atoms with Crippen LogP contribution in [-0.4, -0.2) is 25.3 Å². The van der Waals surface area contributed by atoms with Gasteiger partial charge in [-0.05, 0) is 18.6 Å². The van der Waals surface area contributed by atoms with Crippen molar-refractivity contribution < 1.29 is 12.8 Å². The average molecular weight is 281 g/mol. The normalized spacial score (nSPS) is 13.6. The second-order valence-electron chi connectivity index (χ2n) is 3.53. The Morgan fingerprint density at radius 1 is 1.59 bits per heavy atom. The molecule has 0 bridgehead atoms. The molecule has 1 aromatic heterocycles. The highest BCUT2D eigenvalue weighted by Gasteiger charge is 2.20. The summed E-state index contributed by atoms with van der Waals surface area (Å²) in [5.74, 6) is -0.874. The van der Waals surface area contributed by atoms with Crippen molar-refractivity contribution in [1.82, 2.24) is 9.71 Å². The van der Waals surface area contributed by atoms with Crippen LogP contribution in [0.15, 0.2) is 23.4 Å². The zero-order chi connectivity index (χ0) is 12.9. The second-order valence-corrected chi connectivity index (χ2v) is 5.83. The van der Waals surface area contributed by atoms with Gasteiger partial charge < -0.3 is 0 Å². The monoisotopic (exact) mass is 280 g/mol. The molecule has 0 aliphatic heterocycles. The van der Waals surface area contributed by atoms with Crippen LogP contribution in [0.3, 0.4) is 0 Å². The van der Waals surface area contributed by atoms with Crippen molar-refractivity contribution in [1.29, 1.82) is 0 Å². The summed E-state index contributed by atoms with van der Waals surface area (Å²) < 4.78 is 38.9. The minimum atomic E-state index is -3.92. The zero-order valence-corrected chi connectivity index (χ0v) is 10.9. The summed E-state index contributed by atoms with van der Waals surface area (Å²) >= 11 is 5.87. The van der Waals surface area contributed by atoms with Crippen molar-refractivity contribution in [2.75, 3.05) is 6.54 Å². The van der Waals surface area contributed by atoms with Crippen molar-refractivity contribution in [3.05, 3.63) is 24.1 Å². The molecule has 17 heavy (non-hydrogen) atoms. The number of nitrogens with one attached hydrogen (secondary N) is 1. The van der Waals surface area contributed by atoms with Gasteiger partial charge in [0.2, 0.25) is 5.03 Å². The van der Waals surface area contributed by atoms with Gasteiger partial charge in [-0.15, -0.1) is 11.6 Å². The largest absolute Gasteiger partial charge is 0.261 e. The molecule has 4 nitrogen and oxygen atoms in total. The summed E-state index contributed by atoms with van der Waals surface area (Å²) in [6, 6.07) is 2.38. The van der Waals surface area contributed by atoms with Gasteiger partial charge in [-0.3, -0.25) is 0 Å². The summed E-state index contributed by atoms with van der Waals surface area (Å²) in [6.45, 7) is 2.01. The number of halogens is 2. The molecule has 1 aromatic rings. The van der Waals surface area contributed by atoms with E-state index in [1.54, 1.807) is 0 Å². The van der Waals surface area contributed by atoms with Gasteiger partial charge in [0.1, 0.15) is 0 Å². The molecule has 1 unspecified atom stereocenters. The molecule has 1 rings (SSSR count). The van der Waals surface area contributed by atoms with Crippen molar-refractivity contribution in [2.24, 2.45) is 0 Å². The van der Waals surface area contributed by atoms with Crippen LogP contribution < -0.4 is 4.72 Å². The van der Waals surface area contributed by atoms with E-state index >= 15 is 0 Å². The minimum absolute atomic E-state index is 0.0632. The average Bonchev–Trinajstić information content (AvgIpc) is 2.27. The number of hydrogen-bond acceptors (Lipinski definition) is 3. The first-order chi connectivity index (χ1) is 7.97. The van der Waals surface area contributed by atoms with Crippen LogP contribution in [-0.2, 0) is 10.0 Å². The molecule has 7 heteroatoms. The van der Waals surface area contributed by atoms with Crippen LogP contribution >= 0.6 is 11.6 Å². The van der Waals surface area contributed by atoms with Crippen LogP contribution in [0.1, 0.15) is 19.8 Å². The van der Waals surface area contributed by atoms with Gasteiger partial charge in [0.05, 0.1) is 0 Å². The summed E-state index contributed by atoms with van der Waals surface area (Å²) in [7, 11) is -3.92. The third kappa shape index (κ3) is 4.22. The van der Waals surface area contributed by atoms with E-state index in [0.717, 1.165) is 12.5 Å². The Hall–Kier alpha value is -0.720. The smallest absolute Gasteiger partial charge is 0.241 e. The molecular formula is C10H14ClFN2O2S. The van der Waals surface area contributed by atoms with Crippen molar-refractivity contribution in [3.63, 3.8) is 0 Å². The maximum absolute atomic E-state index is 13.2. The third-order valence-corrected chi connectivity index (χ3v) is 3.80. The minimum Gasteiger partial charge on any atom is -0.241 e. The van der Waals surface area contributed by atoms with Gasteiger partial charge >= 0.3 is 0 Å². The first kappa shape index (κ1) is 14.3. The van der Waals surface area contributed by atoms with Crippen LogP contribution in [0, 0.1) is 5.82 Å². The molecule has 1 atom stereocenters. The highest BCUT2D eigenvalue weighted by molar-refractivity contribution is 7.89. The Morgan fingerprint density at radius 3 is 2.88 bits per heavy atom. The summed E-state index contributed by atoms with van der Waals surface area (Å²) in [5, 5.41) is -0.901. The standard InChI is InChI=1S/C10H14ClFN2O2S/c1-2-4-8(11)7-14-17(15,16)10-9(12)5-3-6-13-10/h3,5-6,8,14H,2,4,7H2,1H3. The Morgan fingerprint density at radius 2 is 2.29 bits per heavy atom. The predicted molar refractivity (Wildman–Crippen MR) is 63.9 cm³/mol. The first-order valence-corrected chi connectivity index (χ1v) is 7.13. The van der Waals surface area contributed by atoms with E-state index in [9.17, 15) is 12.8 Å². The third-order valence-electron chi connectivity index (χ3n) is 2.08. The molecule has 1 N–H and O–H groups in total. The number of pyridine rings is 1. The van der Waals surface area contributed by atoms with Crippen molar-refractivity contribution in [3.8, 4) is 0 Å². The number of nitrogens with zero attached hydrogens (tertiary/aromatic N) is 1. The van der Waals surface area contributed by atoms with E-state index in [4.69, 9.17) is 11.6 Å². The van der Waals surface area contributed by atoms with Crippen LogP contribution in [0.5, 0.6) is 0 Å². The molecule has 0 saturated carbocycles. The lowest BCUT2D eigenvalue weighted by atomic mass is 10.2. The fourth-order valence-electron chi connectivity index (χ4n) is 1.25. The Kier molecular flexibility index (Phi) is 5.30. The van der Waals surface area contributed by atoms with Gasteiger partial charge in [0, 0.05) is 18.1 Å². The SMILES string of the molecule is CCCC(Cl)CNS(=O)(=O)c1ncccc1F. The van der Waals surface area contributed by atoms with E-state index in [1.165, 1.54) is 12.3 Å². The number of aromatic nitrogens is 1. The maximum atomic E-state index is 13.2.